The van der Waals surface area contributed by atoms with Crippen LogP contribution in [0.25, 0.3) is 0 Å². The number of benzene rings is 1. The number of hydrogen-bond acceptors (Lipinski definition) is 2. The zero-order valence-electron chi connectivity index (χ0n) is 9.01. The second-order valence-corrected chi connectivity index (χ2v) is 4.13. The Kier molecular flexibility index (Phi) is 2.36. The van der Waals surface area contributed by atoms with Crippen LogP contribution in [-0.2, 0) is 0 Å². The number of hydrogen-bond donors (Lipinski definition) is 1. The van der Waals surface area contributed by atoms with Gasteiger partial charge in [0.1, 0.15) is 0 Å². The van der Waals surface area contributed by atoms with Crippen LogP contribution < -0.4 is 10.6 Å². The summed E-state index contributed by atoms with van der Waals surface area (Å²) in [5, 5.41) is 0. The van der Waals surface area contributed by atoms with Crippen LogP contribution in [-0.4, -0.2) is 13.1 Å². The van der Waals surface area contributed by atoms with Gasteiger partial charge in [-0.3, -0.25) is 0 Å². The summed E-state index contributed by atoms with van der Waals surface area (Å²) in [5.41, 5.74) is 10.7. The summed E-state index contributed by atoms with van der Waals surface area (Å²) in [6.45, 7) is 6.55. The summed E-state index contributed by atoms with van der Waals surface area (Å²) in [4.78, 5) is 2.44. The summed E-state index contributed by atoms with van der Waals surface area (Å²) in [5.74, 6) is 0. The molecule has 0 amide bonds. The van der Waals surface area contributed by atoms with Gasteiger partial charge in [-0.2, -0.15) is 0 Å². The van der Waals surface area contributed by atoms with Gasteiger partial charge in [0.15, 0.2) is 0 Å². The Morgan fingerprint density at radius 1 is 1.14 bits per heavy atom. The van der Waals surface area contributed by atoms with Crippen molar-refractivity contribution in [3.8, 4) is 0 Å². The van der Waals surface area contributed by atoms with E-state index in [2.05, 4.69) is 30.9 Å². The van der Waals surface area contributed by atoms with Gasteiger partial charge in [0.05, 0.1) is 0 Å². The second kappa shape index (κ2) is 3.52. The van der Waals surface area contributed by atoms with Crippen LogP contribution in [0, 0.1) is 13.8 Å². The first-order chi connectivity index (χ1) is 6.70. The minimum absolute atomic E-state index is 0.953. The molecular weight excluding hydrogens is 172 g/mol. The highest BCUT2D eigenvalue weighted by Gasteiger charge is 2.15. The van der Waals surface area contributed by atoms with Crippen molar-refractivity contribution in [3.05, 3.63) is 23.3 Å². The molecule has 0 aromatic heterocycles. The van der Waals surface area contributed by atoms with Crippen molar-refractivity contribution < 1.29 is 0 Å². The maximum Gasteiger partial charge on any atom is 0.0416 e. The van der Waals surface area contributed by atoms with Gasteiger partial charge in [-0.15, -0.1) is 0 Å². The number of anilines is 2. The summed E-state index contributed by atoms with van der Waals surface area (Å²) in [6, 6.07) is 4.32. The number of rotatable bonds is 1. The normalized spacial score (nSPS) is 16.3. The molecule has 2 N–H and O–H groups in total. The fourth-order valence-corrected chi connectivity index (χ4v) is 2.15. The predicted molar refractivity (Wildman–Crippen MR) is 61.8 cm³/mol. The van der Waals surface area contributed by atoms with Crippen LogP contribution in [0.1, 0.15) is 24.0 Å². The average molecular weight is 190 g/mol. The van der Waals surface area contributed by atoms with Crippen molar-refractivity contribution in [1.29, 1.82) is 0 Å². The van der Waals surface area contributed by atoms with Gasteiger partial charge in [0.25, 0.3) is 0 Å². The quantitative estimate of drug-likeness (QED) is 0.689. The largest absolute Gasteiger partial charge is 0.398 e. The molecule has 14 heavy (non-hydrogen) atoms. The highest BCUT2D eigenvalue weighted by Crippen LogP contribution is 2.29. The number of nitrogen functional groups attached to an aromatic ring is 1. The Morgan fingerprint density at radius 3 is 2.43 bits per heavy atom. The second-order valence-electron chi connectivity index (χ2n) is 4.13. The van der Waals surface area contributed by atoms with Gasteiger partial charge < -0.3 is 10.6 Å². The molecule has 1 aromatic carbocycles. The van der Waals surface area contributed by atoms with Gasteiger partial charge in [0.2, 0.25) is 0 Å². The van der Waals surface area contributed by atoms with Crippen LogP contribution >= 0.6 is 0 Å². The SMILES string of the molecule is Cc1ccc(N2CCCC2)c(C)c1N. The van der Waals surface area contributed by atoms with E-state index in [-0.39, 0.29) is 0 Å². The fraction of sp³-hybridized carbons (Fsp3) is 0.500. The first-order valence-corrected chi connectivity index (χ1v) is 5.31. The Balaban J connectivity index is 2.38. The monoisotopic (exact) mass is 190 g/mol. The maximum absolute atomic E-state index is 6.02. The van der Waals surface area contributed by atoms with Gasteiger partial charge in [-0.1, -0.05) is 6.07 Å². The summed E-state index contributed by atoms with van der Waals surface area (Å²) in [6.07, 6.45) is 2.63. The molecule has 0 aliphatic carbocycles. The molecule has 1 fully saturated rings. The van der Waals surface area contributed by atoms with Crippen molar-refractivity contribution in [2.45, 2.75) is 26.7 Å². The Bertz CT molecular complexity index is 338. The van der Waals surface area contributed by atoms with Crippen molar-refractivity contribution in [3.63, 3.8) is 0 Å². The molecule has 1 aliphatic rings. The van der Waals surface area contributed by atoms with Crippen LogP contribution in [0.3, 0.4) is 0 Å². The van der Waals surface area contributed by atoms with E-state index in [0.717, 1.165) is 5.69 Å². The maximum atomic E-state index is 6.02. The lowest BCUT2D eigenvalue weighted by atomic mass is 10.1. The van der Waals surface area contributed by atoms with Gasteiger partial charge in [-0.05, 0) is 43.9 Å². The molecule has 1 aromatic rings. The van der Waals surface area contributed by atoms with E-state index >= 15 is 0 Å². The first-order valence-electron chi connectivity index (χ1n) is 5.31. The predicted octanol–water partition coefficient (Wildman–Crippen LogP) is 2.49. The molecule has 0 unspecified atom stereocenters. The molecule has 0 atom stereocenters. The van der Waals surface area contributed by atoms with E-state index in [1.807, 2.05) is 0 Å². The molecule has 76 valence electrons. The zero-order valence-corrected chi connectivity index (χ0v) is 9.01. The fourth-order valence-electron chi connectivity index (χ4n) is 2.15. The minimum Gasteiger partial charge on any atom is -0.398 e. The summed E-state index contributed by atoms with van der Waals surface area (Å²) in [7, 11) is 0. The lowest BCUT2D eigenvalue weighted by molar-refractivity contribution is 0.949. The standard InChI is InChI=1S/C12H18N2/c1-9-5-6-11(10(2)12(9)13)14-7-3-4-8-14/h5-6H,3-4,7-8,13H2,1-2H3. The third kappa shape index (κ3) is 1.45. The third-order valence-corrected chi connectivity index (χ3v) is 3.15. The van der Waals surface area contributed by atoms with Crippen LogP contribution in [0.15, 0.2) is 12.1 Å². The lowest BCUT2D eigenvalue weighted by Gasteiger charge is -2.21. The molecule has 1 saturated heterocycles. The third-order valence-electron chi connectivity index (χ3n) is 3.15. The molecule has 1 aliphatic heterocycles. The van der Waals surface area contributed by atoms with Crippen molar-refractivity contribution in [1.82, 2.24) is 0 Å². The smallest absolute Gasteiger partial charge is 0.0416 e. The molecule has 2 nitrogen and oxygen atoms in total. The van der Waals surface area contributed by atoms with E-state index in [9.17, 15) is 0 Å². The molecule has 2 heteroatoms. The lowest BCUT2D eigenvalue weighted by Crippen LogP contribution is -2.19. The highest BCUT2D eigenvalue weighted by atomic mass is 15.1. The summed E-state index contributed by atoms with van der Waals surface area (Å²) < 4.78 is 0. The number of nitrogens with zero attached hydrogens (tertiary/aromatic N) is 1. The average Bonchev–Trinajstić information content (AvgIpc) is 2.67. The Hall–Kier alpha value is -1.18. The molecule has 0 radical (unpaired) electrons. The van der Waals surface area contributed by atoms with Crippen molar-refractivity contribution in [2.75, 3.05) is 23.7 Å². The molecule has 0 spiro atoms. The number of nitrogens with two attached hydrogens (primary N) is 1. The van der Waals surface area contributed by atoms with Gasteiger partial charge in [0, 0.05) is 24.5 Å². The molecule has 1 heterocycles. The van der Waals surface area contributed by atoms with E-state index in [1.165, 1.54) is 42.7 Å². The minimum atomic E-state index is 0.953. The highest BCUT2D eigenvalue weighted by molar-refractivity contribution is 5.67. The molecular formula is C12H18N2. The van der Waals surface area contributed by atoms with Crippen molar-refractivity contribution >= 4 is 11.4 Å². The molecule has 0 saturated carbocycles. The molecule has 2 rings (SSSR count). The van der Waals surface area contributed by atoms with Crippen molar-refractivity contribution in [2.24, 2.45) is 0 Å². The zero-order chi connectivity index (χ0) is 10.1. The summed E-state index contributed by atoms with van der Waals surface area (Å²) >= 11 is 0. The Morgan fingerprint density at radius 2 is 1.79 bits per heavy atom. The van der Waals surface area contributed by atoms with Crippen LogP contribution in [0.2, 0.25) is 0 Å². The van der Waals surface area contributed by atoms with Gasteiger partial charge >= 0.3 is 0 Å². The van der Waals surface area contributed by atoms with E-state index in [0.29, 0.717) is 0 Å². The van der Waals surface area contributed by atoms with E-state index < -0.39 is 0 Å². The van der Waals surface area contributed by atoms with Crippen LogP contribution in [0.5, 0.6) is 0 Å². The Labute approximate surface area is 85.7 Å². The molecule has 0 bridgehead atoms. The van der Waals surface area contributed by atoms with E-state index in [1.54, 1.807) is 0 Å². The van der Waals surface area contributed by atoms with Gasteiger partial charge in [-0.25, -0.2) is 0 Å². The number of aryl methyl sites for hydroxylation is 1. The topological polar surface area (TPSA) is 29.3 Å². The van der Waals surface area contributed by atoms with E-state index in [4.69, 9.17) is 5.73 Å². The van der Waals surface area contributed by atoms with Crippen LogP contribution in [0.4, 0.5) is 11.4 Å². The first kappa shape index (κ1) is 9.38.